The quantitative estimate of drug-likeness (QED) is 0.678. The van der Waals surface area contributed by atoms with E-state index in [4.69, 9.17) is 10.8 Å². The average Bonchev–Trinajstić information content (AvgIpc) is 2.37. The van der Waals surface area contributed by atoms with Gasteiger partial charge >= 0.3 is 12.0 Å². The minimum Gasteiger partial charge on any atom is -0.480 e. The molecule has 20 heavy (non-hydrogen) atoms. The summed E-state index contributed by atoms with van der Waals surface area (Å²) in [6, 6.07) is -1.43. The van der Waals surface area contributed by atoms with E-state index in [0.717, 1.165) is 0 Å². The van der Waals surface area contributed by atoms with E-state index in [1.165, 1.54) is 4.90 Å². The molecule has 114 valence electrons. The summed E-state index contributed by atoms with van der Waals surface area (Å²) < 4.78 is 0. The number of rotatable bonds is 5. The molecule has 0 aromatic carbocycles. The number of nitrogens with one attached hydrogen (secondary N) is 1. The summed E-state index contributed by atoms with van der Waals surface area (Å²) in [5.74, 6) is -1.56. The van der Waals surface area contributed by atoms with Gasteiger partial charge in [0.1, 0.15) is 6.04 Å². The Hall–Kier alpha value is -1.79. The van der Waals surface area contributed by atoms with Crippen LogP contribution < -0.4 is 11.1 Å². The van der Waals surface area contributed by atoms with Crippen LogP contribution in [0.1, 0.15) is 33.1 Å². The first-order valence-electron chi connectivity index (χ1n) is 6.88. The van der Waals surface area contributed by atoms with Crippen molar-refractivity contribution in [3.8, 4) is 0 Å². The second-order valence-electron chi connectivity index (χ2n) is 5.65. The Kier molecular flexibility index (Phi) is 5.79. The van der Waals surface area contributed by atoms with Crippen LogP contribution in [0.4, 0.5) is 4.79 Å². The number of urea groups is 1. The maximum atomic E-state index is 12.1. The van der Waals surface area contributed by atoms with Crippen molar-refractivity contribution >= 4 is 17.9 Å². The van der Waals surface area contributed by atoms with Crippen LogP contribution in [0.15, 0.2) is 0 Å². The van der Waals surface area contributed by atoms with E-state index in [0.29, 0.717) is 25.8 Å². The zero-order valence-electron chi connectivity index (χ0n) is 12.0. The maximum absolute atomic E-state index is 12.1. The highest BCUT2D eigenvalue weighted by molar-refractivity contribution is 5.85. The van der Waals surface area contributed by atoms with Gasteiger partial charge in [-0.2, -0.15) is 0 Å². The number of piperidine rings is 1. The van der Waals surface area contributed by atoms with E-state index in [9.17, 15) is 14.4 Å². The van der Waals surface area contributed by atoms with Gasteiger partial charge in [-0.3, -0.25) is 4.79 Å². The van der Waals surface area contributed by atoms with Gasteiger partial charge in [0.2, 0.25) is 5.91 Å². The molecule has 0 aromatic rings. The zero-order valence-corrected chi connectivity index (χ0v) is 12.0. The lowest BCUT2D eigenvalue weighted by Crippen LogP contribution is -2.50. The highest BCUT2D eigenvalue weighted by Crippen LogP contribution is 2.17. The number of nitrogens with two attached hydrogens (primary N) is 1. The number of nitrogens with zero attached hydrogens (tertiary/aromatic N) is 1. The molecule has 0 saturated carbocycles. The number of hydrogen-bond acceptors (Lipinski definition) is 3. The van der Waals surface area contributed by atoms with Gasteiger partial charge in [0.25, 0.3) is 0 Å². The van der Waals surface area contributed by atoms with Crippen molar-refractivity contribution in [2.24, 2.45) is 17.6 Å². The van der Waals surface area contributed by atoms with Gasteiger partial charge in [-0.25, -0.2) is 9.59 Å². The highest BCUT2D eigenvalue weighted by atomic mass is 16.4. The number of carbonyl (C=O) groups is 3. The average molecular weight is 285 g/mol. The molecule has 1 aliphatic rings. The van der Waals surface area contributed by atoms with Gasteiger partial charge in [0.15, 0.2) is 0 Å². The lowest BCUT2D eigenvalue weighted by atomic mass is 9.96. The van der Waals surface area contributed by atoms with E-state index in [2.05, 4.69) is 5.32 Å². The van der Waals surface area contributed by atoms with Gasteiger partial charge < -0.3 is 21.1 Å². The van der Waals surface area contributed by atoms with Crippen molar-refractivity contribution < 1.29 is 19.5 Å². The predicted molar refractivity (Wildman–Crippen MR) is 72.9 cm³/mol. The summed E-state index contributed by atoms with van der Waals surface area (Å²) in [6.07, 6.45) is 1.72. The van der Waals surface area contributed by atoms with Crippen molar-refractivity contribution in [3.05, 3.63) is 0 Å². The summed E-state index contributed by atoms with van der Waals surface area (Å²) in [5, 5.41) is 11.7. The first kappa shape index (κ1) is 16.3. The van der Waals surface area contributed by atoms with Crippen molar-refractivity contribution in [1.82, 2.24) is 10.2 Å². The summed E-state index contributed by atoms with van der Waals surface area (Å²) in [4.78, 5) is 35.8. The molecule has 1 aliphatic heterocycles. The molecule has 1 unspecified atom stereocenters. The molecule has 2 atom stereocenters. The summed E-state index contributed by atoms with van der Waals surface area (Å²) >= 11 is 0. The molecule has 1 saturated heterocycles. The van der Waals surface area contributed by atoms with E-state index >= 15 is 0 Å². The van der Waals surface area contributed by atoms with Crippen molar-refractivity contribution in [3.63, 3.8) is 0 Å². The van der Waals surface area contributed by atoms with Crippen LogP contribution in [0.3, 0.4) is 0 Å². The smallest absolute Gasteiger partial charge is 0.326 e. The van der Waals surface area contributed by atoms with Crippen LogP contribution in [0.2, 0.25) is 0 Å². The molecule has 4 N–H and O–H groups in total. The fraction of sp³-hybridized carbons (Fsp3) is 0.769. The number of carbonyl (C=O) groups excluding carboxylic acids is 2. The molecule has 0 bridgehead atoms. The molecule has 0 aliphatic carbocycles. The van der Waals surface area contributed by atoms with Crippen LogP contribution in [-0.4, -0.2) is 47.0 Å². The van der Waals surface area contributed by atoms with Crippen LogP contribution in [0.5, 0.6) is 0 Å². The molecule has 1 heterocycles. The molecule has 7 nitrogen and oxygen atoms in total. The van der Waals surface area contributed by atoms with Crippen LogP contribution in [0, 0.1) is 11.8 Å². The van der Waals surface area contributed by atoms with Crippen molar-refractivity contribution in [2.45, 2.75) is 39.2 Å². The Balaban J connectivity index is 2.59. The highest BCUT2D eigenvalue weighted by Gasteiger charge is 2.30. The second kappa shape index (κ2) is 7.12. The zero-order chi connectivity index (χ0) is 15.3. The Labute approximate surface area is 118 Å². The Morgan fingerprint density at radius 1 is 1.40 bits per heavy atom. The number of carboxylic acid groups (broad SMARTS) is 1. The topological polar surface area (TPSA) is 113 Å². The van der Waals surface area contributed by atoms with E-state index in [1.54, 1.807) is 0 Å². The molecule has 7 heteroatoms. The third-order valence-corrected chi connectivity index (χ3v) is 3.43. The molecule has 3 amide bonds. The number of amides is 3. The summed E-state index contributed by atoms with van der Waals surface area (Å²) in [7, 11) is 0. The molecular formula is C13H23N3O4. The minimum absolute atomic E-state index is 0.171. The fourth-order valence-electron chi connectivity index (χ4n) is 2.37. The number of hydrogen-bond donors (Lipinski definition) is 3. The monoisotopic (exact) mass is 285 g/mol. The standard InChI is InChI=1S/C13H23N3O4/c1-8(2)6-10(12(18)19)15-11(17)9-4-3-5-16(7-9)13(14)20/h8-10H,3-7H2,1-2H3,(H2,14,20)(H,15,17)(H,18,19)/t9?,10-/m1/s1. The third-order valence-electron chi connectivity index (χ3n) is 3.43. The van der Waals surface area contributed by atoms with E-state index in [1.807, 2.05) is 13.8 Å². The Morgan fingerprint density at radius 2 is 2.05 bits per heavy atom. The fourth-order valence-corrected chi connectivity index (χ4v) is 2.37. The van der Waals surface area contributed by atoms with Gasteiger partial charge in [-0.1, -0.05) is 13.8 Å². The summed E-state index contributed by atoms with van der Waals surface area (Å²) in [6.45, 7) is 4.61. The van der Waals surface area contributed by atoms with E-state index < -0.39 is 18.0 Å². The Morgan fingerprint density at radius 3 is 2.55 bits per heavy atom. The number of aliphatic carboxylic acids is 1. The predicted octanol–water partition coefficient (Wildman–Crippen LogP) is 0.393. The number of likely N-dealkylation sites (tertiary alicyclic amines) is 1. The normalized spacial score (nSPS) is 20.6. The minimum atomic E-state index is -1.03. The molecule has 0 spiro atoms. The van der Waals surface area contributed by atoms with E-state index in [-0.39, 0.29) is 24.3 Å². The van der Waals surface area contributed by atoms with Crippen molar-refractivity contribution in [1.29, 1.82) is 0 Å². The number of primary amides is 1. The van der Waals surface area contributed by atoms with Crippen molar-refractivity contribution in [2.75, 3.05) is 13.1 Å². The molecule has 0 radical (unpaired) electrons. The van der Waals surface area contributed by atoms with Gasteiger partial charge in [0.05, 0.1) is 5.92 Å². The molecule has 0 aromatic heterocycles. The maximum Gasteiger partial charge on any atom is 0.326 e. The van der Waals surface area contributed by atoms with Gasteiger partial charge in [0, 0.05) is 13.1 Å². The Bertz CT molecular complexity index is 384. The lowest BCUT2D eigenvalue weighted by Gasteiger charge is -2.31. The molecular weight excluding hydrogens is 262 g/mol. The molecule has 1 fully saturated rings. The second-order valence-corrected chi connectivity index (χ2v) is 5.65. The number of carboxylic acids is 1. The summed E-state index contributed by atoms with van der Waals surface area (Å²) in [5.41, 5.74) is 5.21. The van der Waals surface area contributed by atoms with Gasteiger partial charge in [-0.05, 0) is 25.2 Å². The largest absolute Gasteiger partial charge is 0.480 e. The first-order valence-corrected chi connectivity index (χ1v) is 6.88. The van der Waals surface area contributed by atoms with Crippen LogP contribution in [-0.2, 0) is 9.59 Å². The lowest BCUT2D eigenvalue weighted by molar-refractivity contribution is -0.143. The van der Waals surface area contributed by atoms with Crippen LogP contribution in [0.25, 0.3) is 0 Å². The SMILES string of the molecule is CC(C)C[C@@H](NC(=O)C1CCCN(C(N)=O)C1)C(=O)O. The molecule has 1 rings (SSSR count). The first-order chi connectivity index (χ1) is 9.31. The van der Waals surface area contributed by atoms with Crippen LogP contribution >= 0.6 is 0 Å². The van der Waals surface area contributed by atoms with Gasteiger partial charge in [-0.15, -0.1) is 0 Å². The third kappa shape index (κ3) is 4.71.